The molecule has 1 heterocycles. The molecule has 1 unspecified atom stereocenters. The highest BCUT2D eigenvalue weighted by Gasteiger charge is 2.22. The predicted octanol–water partition coefficient (Wildman–Crippen LogP) is 2.28. The fraction of sp³-hybridized carbons (Fsp3) is 0.600. The van der Waals surface area contributed by atoms with Gasteiger partial charge >= 0.3 is 0 Å². The molecule has 6 heteroatoms. The van der Waals surface area contributed by atoms with Gasteiger partial charge in [-0.3, -0.25) is 0 Å². The van der Waals surface area contributed by atoms with Gasteiger partial charge in [-0.2, -0.15) is 11.8 Å². The Morgan fingerprint density at radius 3 is 2.86 bits per heavy atom. The van der Waals surface area contributed by atoms with Gasteiger partial charge in [-0.05, 0) is 49.3 Å². The van der Waals surface area contributed by atoms with Crippen molar-refractivity contribution in [1.82, 2.24) is 10.0 Å². The Kier molecular flexibility index (Phi) is 6.10. The van der Waals surface area contributed by atoms with Gasteiger partial charge in [0.2, 0.25) is 10.0 Å². The molecule has 0 amide bonds. The Labute approximate surface area is 132 Å². The van der Waals surface area contributed by atoms with Gasteiger partial charge in [0.25, 0.3) is 0 Å². The van der Waals surface area contributed by atoms with Crippen LogP contribution in [0.25, 0.3) is 0 Å². The average molecular weight is 329 g/mol. The summed E-state index contributed by atoms with van der Waals surface area (Å²) in [5, 5.41) is 3.66. The van der Waals surface area contributed by atoms with E-state index in [1.54, 1.807) is 6.07 Å². The van der Waals surface area contributed by atoms with E-state index in [1.807, 2.05) is 37.7 Å². The first kappa shape index (κ1) is 16.8. The molecule has 1 aromatic rings. The molecule has 118 valence electrons. The molecule has 21 heavy (non-hydrogen) atoms. The van der Waals surface area contributed by atoms with Crippen molar-refractivity contribution in [3.8, 4) is 0 Å². The van der Waals surface area contributed by atoms with Crippen molar-refractivity contribution in [2.75, 3.05) is 18.8 Å². The number of benzene rings is 1. The standard InChI is InChI=1S/C15H24N2O2S2/c1-3-16-10-13-6-4-8-15(12(13)2)21(18,19)17-11-14-7-5-9-20-14/h4,6,8,14,16-17H,3,5,7,9-11H2,1-2H3. The Balaban J connectivity index is 2.11. The van der Waals surface area contributed by atoms with Crippen molar-refractivity contribution in [3.05, 3.63) is 29.3 Å². The van der Waals surface area contributed by atoms with E-state index in [4.69, 9.17) is 0 Å². The molecule has 1 aliphatic rings. The van der Waals surface area contributed by atoms with Gasteiger partial charge in [0.05, 0.1) is 4.90 Å². The number of hydrogen-bond acceptors (Lipinski definition) is 4. The monoisotopic (exact) mass is 328 g/mol. The van der Waals surface area contributed by atoms with Crippen LogP contribution in [0.2, 0.25) is 0 Å². The number of nitrogens with one attached hydrogen (secondary N) is 2. The van der Waals surface area contributed by atoms with Gasteiger partial charge in [0, 0.05) is 18.3 Å². The van der Waals surface area contributed by atoms with Gasteiger partial charge in [-0.25, -0.2) is 13.1 Å². The van der Waals surface area contributed by atoms with Crippen molar-refractivity contribution in [1.29, 1.82) is 0 Å². The minimum atomic E-state index is -3.42. The highest BCUT2D eigenvalue weighted by Crippen LogP contribution is 2.26. The summed E-state index contributed by atoms with van der Waals surface area (Å²) in [6.07, 6.45) is 2.29. The third kappa shape index (κ3) is 4.45. The zero-order valence-electron chi connectivity index (χ0n) is 12.7. The van der Waals surface area contributed by atoms with Gasteiger partial charge in [0.15, 0.2) is 0 Å². The molecule has 1 fully saturated rings. The lowest BCUT2D eigenvalue weighted by Gasteiger charge is -2.14. The van der Waals surface area contributed by atoms with E-state index in [0.29, 0.717) is 23.2 Å². The Hall–Kier alpha value is -0.560. The van der Waals surface area contributed by atoms with Crippen molar-refractivity contribution in [3.63, 3.8) is 0 Å². The molecule has 1 saturated heterocycles. The first-order chi connectivity index (χ1) is 10.0. The van der Waals surface area contributed by atoms with Crippen molar-refractivity contribution in [2.45, 2.75) is 43.4 Å². The molecule has 0 bridgehead atoms. The number of rotatable bonds is 7. The summed E-state index contributed by atoms with van der Waals surface area (Å²) in [5.41, 5.74) is 1.87. The average Bonchev–Trinajstić information content (AvgIpc) is 2.97. The van der Waals surface area contributed by atoms with E-state index in [0.717, 1.165) is 29.8 Å². The topological polar surface area (TPSA) is 58.2 Å². The lowest BCUT2D eigenvalue weighted by molar-refractivity contribution is 0.578. The predicted molar refractivity (Wildman–Crippen MR) is 89.2 cm³/mol. The lowest BCUT2D eigenvalue weighted by Crippen LogP contribution is -2.30. The van der Waals surface area contributed by atoms with Crippen LogP contribution in [0.15, 0.2) is 23.1 Å². The third-order valence-electron chi connectivity index (χ3n) is 3.78. The lowest BCUT2D eigenvalue weighted by atomic mass is 10.1. The van der Waals surface area contributed by atoms with Gasteiger partial charge < -0.3 is 5.32 Å². The van der Waals surface area contributed by atoms with E-state index in [1.165, 1.54) is 6.42 Å². The molecular formula is C15H24N2O2S2. The molecule has 1 aromatic carbocycles. The fourth-order valence-electron chi connectivity index (χ4n) is 2.49. The Morgan fingerprint density at radius 1 is 1.38 bits per heavy atom. The summed E-state index contributed by atoms with van der Waals surface area (Å²) >= 11 is 1.86. The van der Waals surface area contributed by atoms with Crippen LogP contribution in [0, 0.1) is 6.92 Å². The molecule has 0 radical (unpaired) electrons. The van der Waals surface area contributed by atoms with Crippen molar-refractivity contribution in [2.24, 2.45) is 0 Å². The first-order valence-electron chi connectivity index (χ1n) is 7.45. The van der Waals surface area contributed by atoms with Crippen LogP contribution in [0.4, 0.5) is 0 Å². The van der Waals surface area contributed by atoms with Crippen LogP contribution >= 0.6 is 11.8 Å². The second kappa shape index (κ2) is 7.63. The quantitative estimate of drug-likeness (QED) is 0.806. The fourth-order valence-corrected chi connectivity index (χ4v) is 5.16. The summed E-state index contributed by atoms with van der Waals surface area (Å²) in [7, 11) is -3.42. The summed E-state index contributed by atoms with van der Waals surface area (Å²) in [4.78, 5) is 0.404. The van der Waals surface area contributed by atoms with E-state index in [2.05, 4.69) is 10.0 Å². The number of hydrogen-bond donors (Lipinski definition) is 2. The van der Waals surface area contributed by atoms with E-state index >= 15 is 0 Å². The van der Waals surface area contributed by atoms with Crippen molar-refractivity contribution >= 4 is 21.8 Å². The third-order valence-corrected chi connectivity index (χ3v) is 6.74. The molecule has 0 aromatic heterocycles. The van der Waals surface area contributed by atoms with Gasteiger partial charge in [-0.1, -0.05) is 19.1 Å². The normalized spacial score (nSPS) is 19.0. The van der Waals surface area contributed by atoms with E-state index in [9.17, 15) is 8.42 Å². The van der Waals surface area contributed by atoms with Crippen LogP contribution in [0.3, 0.4) is 0 Å². The highest BCUT2D eigenvalue weighted by molar-refractivity contribution is 8.00. The summed E-state index contributed by atoms with van der Waals surface area (Å²) in [5.74, 6) is 1.14. The molecule has 4 nitrogen and oxygen atoms in total. The maximum absolute atomic E-state index is 12.5. The van der Waals surface area contributed by atoms with Gasteiger partial charge in [0.1, 0.15) is 0 Å². The maximum atomic E-state index is 12.5. The second-order valence-corrected chi connectivity index (χ2v) is 8.45. The van der Waals surface area contributed by atoms with Crippen LogP contribution in [-0.2, 0) is 16.6 Å². The zero-order valence-corrected chi connectivity index (χ0v) is 14.3. The van der Waals surface area contributed by atoms with Crippen LogP contribution in [0.1, 0.15) is 30.9 Å². The molecule has 0 spiro atoms. The maximum Gasteiger partial charge on any atom is 0.240 e. The highest BCUT2D eigenvalue weighted by atomic mass is 32.2. The zero-order chi connectivity index (χ0) is 15.3. The van der Waals surface area contributed by atoms with E-state index in [-0.39, 0.29) is 0 Å². The molecule has 2 rings (SSSR count). The van der Waals surface area contributed by atoms with E-state index < -0.39 is 10.0 Å². The Morgan fingerprint density at radius 2 is 2.19 bits per heavy atom. The molecule has 2 N–H and O–H groups in total. The van der Waals surface area contributed by atoms with Crippen LogP contribution in [0.5, 0.6) is 0 Å². The molecule has 1 aliphatic heterocycles. The Bertz CT molecular complexity index is 567. The van der Waals surface area contributed by atoms with Crippen LogP contribution in [-0.4, -0.2) is 32.5 Å². The molecular weight excluding hydrogens is 304 g/mol. The first-order valence-corrected chi connectivity index (χ1v) is 9.98. The number of sulfonamides is 1. The van der Waals surface area contributed by atoms with Crippen LogP contribution < -0.4 is 10.0 Å². The molecule has 0 aliphatic carbocycles. The molecule has 1 atom stereocenters. The smallest absolute Gasteiger partial charge is 0.240 e. The second-order valence-electron chi connectivity index (χ2n) is 5.31. The summed E-state index contributed by atoms with van der Waals surface area (Å²) in [6.45, 7) is 6.02. The molecule has 0 saturated carbocycles. The van der Waals surface area contributed by atoms with Crippen molar-refractivity contribution < 1.29 is 8.42 Å². The number of thioether (sulfide) groups is 1. The minimum absolute atomic E-state index is 0.404. The minimum Gasteiger partial charge on any atom is -0.313 e. The largest absolute Gasteiger partial charge is 0.313 e. The summed E-state index contributed by atoms with van der Waals surface area (Å²) in [6, 6.07) is 5.48. The summed E-state index contributed by atoms with van der Waals surface area (Å²) < 4.78 is 27.8. The SMILES string of the molecule is CCNCc1cccc(S(=O)(=O)NCC2CCCS2)c1C. The van der Waals surface area contributed by atoms with Gasteiger partial charge in [-0.15, -0.1) is 0 Å².